The van der Waals surface area contributed by atoms with E-state index in [-0.39, 0.29) is 11.1 Å². The minimum atomic E-state index is -4.41. The minimum absolute atomic E-state index is 0.222. The molecule has 2 rings (SSSR count). The molecular weight excluding hydrogens is 275 g/mol. The van der Waals surface area contributed by atoms with Crippen LogP contribution in [-0.2, 0) is 6.18 Å². The molecule has 2 N–H and O–H groups in total. The summed E-state index contributed by atoms with van der Waals surface area (Å²) in [5, 5.41) is -0.267. The summed E-state index contributed by atoms with van der Waals surface area (Å²) >= 11 is 5.72. The van der Waals surface area contributed by atoms with Crippen LogP contribution in [0.5, 0.6) is 0 Å². The Balaban J connectivity index is 2.19. The van der Waals surface area contributed by atoms with Crippen molar-refractivity contribution in [2.24, 2.45) is 11.7 Å². The normalized spacial score (nSPS) is 19.4. The van der Waals surface area contributed by atoms with Crippen molar-refractivity contribution >= 4 is 11.6 Å². The molecular formula is C14H17ClF3N. The highest BCUT2D eigenvalue weighted by molar-refractivity contribution is 6.31. The van der Waals surface area contributed by atoms with Crippen molar-refractivity contribution in [1.82, 2.24) is 0 Å². The largest absolute Gasteiger partial charge is 0.417 e. The first kappa shape index (κ1) is 14.7. The van der Waals surface area contributed by atoms with Crippen molar-refractivity contribution in [3.63, 3.8) is 0 Å². The van der Waals surface area contributed by atoms with Gasteiger partial charge in [-0.15, -0.1) is 0 Å². The molecule has 1 nitrogen and oxygen atoms in total. The van der Waals surface area contributed by atoms with Crippen molar-refractivity contribution in [1.29, 1.82) is 0 Å². The zero-order chi connectivity index (χ0) is 14.0. The van der Waals surface area contributed by atoms with E-state index in [9.17, 15) is 13.2 Å². The highest BCUT2D eigenvalue weighted by Crippen LogP contribution is 2.38. The second kappa shape index (κ2) is 5.71. The van der Waals surface area contributed by atoms with E-state index < -0.39 is 11.7 Å². The SMILES string of the molecule is N[C@@H](c1ccc(C(F)(F)F)c(Cl)c1)C1CCCCC1. The summed E-state index contributed by atoms with van der Waals surface area (Å²) in [7, 11) is 0. The van der Waals surface area contributed by atoms with Gasteiger partial charge in [0.05, 0.1) is 10.6 Å². The molecule has 1 aliphatic rings. The fourth-order valence-electron chi connectivity index (χ4n) is 2.73. The fourth-order valence-corrected chi connectivity index (χ4v) is 3.03. The monoisotopic (exact) mass is 291 g/mol. The highest BCUT2D eigenvalue weighted by atomic mass is 35.5. The first-order chi connectivity index (χ1) is 8.89. The molecule has 1 atom stereocenters. The van der Waals surface area contributed by atoms with Gasteiger partial charge in [-0.05, 0) is 36.5 Å². The summed E-state index contributed by atoms with van der Waals surface area (Å²) in [6, 6.07) is 3.62. The Morgan fingerprint density at radius 1 is 1.16 bits per heavy atom. The summed E-state index contributed by atoms with van der Waals surface area (Å²) in [6.07, 6.45) is 1.18. The second-order valence-electron chi connectivity index (χ2n) is 5.16. The maximum absolute atomic E-state index is 12.6. The molecule has 0 amide bonds. The Bertz CT molecular complexity index is 439. The van der Waals surface area contributed by atoms with Crippen LogP contribution >= 0.6 is 11.6 Å². The Hall–Kier alpha value is -0.740. The van der Waals surface area contributed by atoms with E-state index in [1.54, 1.807) is 0 Å². The van der Waals surface area contributed by atoms with Gasteiger partial charge in [0.2, 0.25) is 0 Å². The zero-order valence-electron chi connectivity index (χ0n) is 10.5. The molecule has 1 saturated carbocycles. The molecule has 0 unspecified atom stereocenters. The van der Waals surface area contributed by atoms with Gasteiger partial charge in [-0.3, -0.25) is 0 Å². The number of hydrogen-bond acceptors (Lipinski definition) is 1. The van der Waals surface area contributed by atoms with E-state index in [4.69, 9.17) is 17.3 Å². The third-order valence-electron chi connectivity index (χ3n) is 3.84. The first-order valence-electron chi connectivity index (χ1n) is 6.52. The lowest BCUT2D eigenvalue weighted by Crippen LogP contribution is -2.23. The van der Waals surface area contributed by atoms with Gasteiger partial charge in [0, 0.05) is 6.04 Å². The van der Waals surface area contributed by atoms with Crippen LogP contribution in [0, 0.1) is 5.92 Å². The molecule has 106 valence electrons. The summed E-state index contributed by atoms with van der Waals surface area (Å²) in [6.45, 7) is 0. The lowest BCUT2D eigenvalue weighted by atomic mass is 9.81. The second-order valence-corrected chi connectivity index (χ2v) is 5.57. The summed E-state index contributed by atoms with van der Waals surface area (Å²) in [5.74, 6) is 0.349. The van der Waals surface area contributed by atoms with Crippen molar-refractivity contribution in [3.8, 4) is 0 Å². The molecule has 1 fully saturated rings. The van der Waals surface area contributed by atoms with Crippen molar-refractivity contribution < 1.29 is 13.2 Å². The van der Waals surface area contributed by atoms with Crippen molar-refractivity contribution in [2.75, 3.05) is 0 Å². The molecule has 0 aliphatic heterocycles. The Morgan fingerprint density at radius 3 is 2.32 bits per heavy atom. The van der Waals surface area contributed by atoms with Crippen molar-refractivity contribution in [2.45, 2.75) is 44.3 Å². The van der Waals surface area contributed by atoms with Gasteiger partial charge in [0.25, 0.3) is 0 Å². The summed E-state index contributed by atoms with van der Waals surface area (Å²) in [5.41, 5.74) is 6.06. The van der Waals surface area contributed by atoms with Gasteiger partial charge >= 0.3 is 6.18 Å². The number of hydrogen-bond donors (Lipinski definition) is 1. The van der Waals surface area contributed by atoms with Crippen LogP contribution < -0.4 is 5.73 Å². The van der Waals surface area contributed by atoms with Gasteiger partial charge < -0.3 is 5.73 Å². The van der Waals surface area contributed by atoms with Crippen LogP contribution in [0.4, 0.5) is 13.2 Å². The zero-order valence-corrected chi connectivity index (χ0v) is 11.3. The van der Waals surface area contributed by atoms with Gasteiger partial charge in [0.1, 0.15) is 0 Å². The summed E-state index contributed by atoms with van der Waals surface area (Å²) < 4.78 is 37.9. The van der Waals surface area contributed by atoms with E-state index in [1.165, 1.54) is 18.6 Å². The first-order valence-corrected chi connectivity index (χ1v) is 6.89. The molecule has 0 aromatic heterocycles. The third kappa shape index (κ3) is 3.42. The number of halogens is 4. The quantitative estimate of drug-likeness (QED) is 0.820. The average molecular weight is 292 g/mol. The Morgan fingerprint density at radius 2 is 1.79 bits per heavy atom. The lowest BCUT2D eigenvalue weighted by molar-refractivity contribution is -0.137. The molecule has 1 aromatic carbocycles. The molecule has 0 bridgehead atoms. The van der Waals surface area contributed by atoms with E-state index in [0.29, 0.717) is 11.5 Å². The van der Waals surface area contributed by atoms with Crippen LogP contribution in [-0.4, -0.2) is 0 Å². The van der Waals surface area contributed by atoms with E-state index >= 15 is 0 Å². The third-order valence-corrected chi connectivity index (χ3v) is 4.15. The van der Waals surface area contributed by atoms with Crippen LogP contribution in [0.15, 0.2) is 18.2 Å². The maximum atomic E-state index is 12.6. The number of rotatable bonds is 2. The topological polar surface area (TPSA) is 26.0 Å². The van der Waals surface area contributed by atoms with Gasteiger partial charge in [-0.25, -0.2) is 0 Å². The molecule has 1 aliphatic carbocycles. The Kier molecular flexibility index (Phi) is 4.41. The molecule has 0 saturated heterocycles. The van der Waals surface area contributed by atoms with Crippen LogP contribution in [0.3, 0.4) is 0 Å². The minimum Gasteiger partial charge on any atom is -0.324 e. The molecule has 0 spiro atoms. The fraction of sp³-hybridized carbons (Fsp3) is 0.571. The van der Waals surface area contributed by atoms with Crippen LogP contribution in [0.2, 0.25) is 5.02 Å². The number of nitrogens with two attached hydrogens (primary N) is 1. The van der Waals surface area contributed by atoms with E-state index in [0.717, 1.165) is 31.7 Å². The van der Waals surface area contributed by atoms with Crippen LogP contribution in [0.25, 0.3) is 0 Å². The average Bonchev–Trinajstić information content (AvgIpc) is 2.37. The van der Waals surface area contributed by atoms with Crippen LogP contribution in [0.1, 0.15) is 49.3 Å². The predicted octanol–water partition coefficient (Wildman–Crippen LogP) is 4.94. The van der Waals surface area contributed by atoms with Gasteiger partial charge in [0.15, 0.2) is 0 Å². The van der Waals surface area contributed by atoms with Gasteiger partial charge in [-0.1, -0.05) is 36.9 Å². The Labute approximate surface area is 115 Å². The van der Waals surface area contributed by atoms with E-state index in [1.807, 2.05) is 0 Å². The van der Waals surface area contributed by atoms with E-state index in [2.05, 4.69) is 0 Å². The molecule has 19 heavy (non-hydrogen) atoms. The standard InChI is InChI=1S/C14H17ClF3N/c15-12-8-10(6-7-11(12)14(16,17)18)13(19)9-4-2-1-3-5-9/h6-9,13H,1-5,19H2/t13-/m1/s1. The smallest absolute Gasteiger partial charge is 0.324 e. The maximum Gasteiger partial charge on any atom is 0.417 e. The van der Waals surface area contributed by atoms with Crippen molar-refractivity contribution in [3.05, 3.63) is 34.3 Å². The summed E-state index contributed by atoms with van der Waals surface area (Å²) in [4.78, 5) is 0. The molecule has 1 aromatic rings. The highest BCUT2D eigenvalue weighted by Gasteiger charge is 2.33. The predicted molar refractivity (Wildman–Crippen MR) is 70.0 cm³/mol. The van der Waals surface area contributed by atoms with Gasteiger partial charge in [-0.2, -0.15) is 13.2 Å². The number of alkyl halides is 3. The molecule has 5 heteroatoms. The molecule has 0 radical (unpaired) electrons. The molecule has 0 heterocycles. The lowest BCUT2D eigenvalue weighted by Gasteiger charge is -2.28. The number of benzene rings is 1.